The molecule has 0 atom stereocenters. The van der Waals surface area contributed by atoms with Crippen molar-refractivity contribution >= 4 is 43.5 Å². The first kappa shape index (κ1) is 12.6. The number of fused-ring (bicyclic) bond motifs is 5. The molecule has 0 saturated carbocycles. The van der Waals surface area contributed by atoms with E-state index in [2.05, 4.69) is 0 Å². The summed E-state index contributed by atoms with van der Waals surface area (Å²) in [5, 5.41) is 0.646. The number of hydrogen-bond donors (Lipinski definition) is 0. The van der Waals surface area contributed by atoms with Crippen LogP contribution in [0.4, 0.5) is 0 Å². The van der Waals surface area contributed by atoms with Crippen molar-refractivity contribution in [1.82, 2.24) is 0 Å². The summed E-state index contributed by atoms with van der Waals surface area (Å²) in [6.07, 6.45) is 0. The topological polar surface area (TPSA) is 13.1 Å². The van der Waals surface area contributed by atoms with Crippen LogP contribution in [0.5, 0.6) is 0 Å². The summed E-state index contributed by atoms with van der Waals surface area (Å²) in [7, 11) is 0. The largest absolute Gasteiger partial charge is 0.455 e. The van der Waals surface area contributed by atoms with E-state index < -0.39 is 143 Å². The van der Waals surface area contributed by atoms with E-state index in [9.17, 15) is 4.11 Å². The molecule has 0 bridgehead atoms. The molecule has 0 fully saturated rings. The molecule has 0 amide bonds. The molecule has 45 heavy (non-hydrogen) atoms. The van der Waals surface area contributed by atoms with Crippen LogP contribution < -0.4 is 0 Å². The average molecular weight is 593 g/mol. The van der Waals surface area contributed by atoms with Gasteiger partial charge in [0.05, 0.1) is 27.4 Å². The molecule has 0 saturated heterocycles. The molecular weight excluding hydrogens is 544 g/mol. The molecule has 1 aromatic heterocycles. The Balaban J connectivity index is 1.55. The molecule has 0 aliphatic heterocycles. The van der Waals surface area contributed by atoms with Gasteiger partial charge in [-0.05, 0) is 72.6 Å². The number of furan rings is 1. The van der Waals surface area contributed by atoms with Crippen LogP contribution in [0.15, 0.2) is 174 Å². The Bertz CT molecular complexity index is 3550. The van der Waals surface area contributed by atoms with Crippen LogP contribution in [0.2, 0.25) is 0 Å². The Morgan fingerprint density at radius 2 is 0.844 bits per heavy atom. The van der Waals surface area contributed by atoms with E-state index in [0.717, 1.165) is 0 Å². The summed E-state index contributed by atoms with van der Waals surface area (Å²) in [6.45, 7) is 0. The van der Waals surface area contributed by atoms with Crippen molar-refractivity contribution < 1.29 is 31.8 Å². The van der Waals surface area contributed by atoms with E-state index in [1.807, 2.05) is 0 Å². The molecule has 0 unspecified atom stereocenters. The summed E-state index contributed by atoms with van der Waals surface area (Å²) in [5.74, 6) is 0. The normalized spacial score (nSPS) is 17.8. The first-order valence-electron chi connectivity index (χ1n) is 23.8. The second-order valence-corrected chi connectivity index (χ2v) is 10.1. The predicted molar refractivity (Wildman–Crippen MR) is 190 cm³/mol. The van der Waals surface area contributed by atoms with Crippen LogP contribution in [0.1, 0.15) is 27.4 Å². The van der Waals surface area contributed by atoms with Crippen molar-refractivity contribution in [2.24, 2.45) is 0 Å². The molecule has 1 heterocycles. The third-order valence-corrected chi connectivity index (χ3v) is 7.74. The highest BCUT2D eigenvalue weighted by Crippen LogP contribution is 2.49. The zero-order chi connectivity index (χ0) is 47.1. The standard InChI is InChI=1S/C44H28O/c1-3-15-29(16-4-1)31-19-7-8-20-33(31)41-34-21-9-11-23-36(34)42(37-24-12-10-22-35(37)41)39-28-27-32(30-17-5-2-6-18-30)44-43(39)38-25-13-14-26-40(38)45-44/h1-28H/i1D,2D,3D,4D,5D,6D,7D,8D,13D,14D,15D,16D,17D,18D,19D,20D,25D,26D,27D,28D. The third kappa shape index (κ3) is 4.02. The van der Waals surface area contributed by atoms with Gasteiger partial charge in [-0.25, -0.2) is 0 Å². The first-order valence-corrected chi connectivity index (χ1v) is 13.8. The average Bonchev–Trinajstić information content (AvgIpc) is 3.70. The van der Waals surface area contributed by atoms with Gasteiger partial charge in [-0.2, -0.15) is 0 Å². The number of hydrogen-bond acceptors (Lipinski definition) is 1. The van der Waals surface area contributed by atoms with E-state index in [1.165, 1.54) is 0 Å². The summed E-state index contributed by atoms with van der Waals surface area (Å²) >= 11 is 0. The Morgan fingerprint density at radius 3 is 1.47 bits per heavy atom. The minimum Gasteiger partial charge on any atom is -0.455 e. The van der Waals surface area contributed by atoms with Gasteiger partial charge in [0.1, 0.15) is 11.2 Å². The van der Waals surface area contributed by atoms with Gasteiger partial charge >= 0.3 is 0 Å². The van der Waals surface area contributed by atoms with Crippen molar-refractivity contribution in [2.45, 2.75) is 0 Å². The van der Waals surface area contributed by atoms with Gasteiger partial charge in [0, 0.05) is 16.3 Å². The highest BCUT2D eigenvalue weighted by molar-refractivity contribution is 6.27. The lowest BCUT2D eigenvalue weighted by Crippen LogP contribution is -1.93. The van der Waals surface area contributed by atoms with Crippen molar-refractivity contribution in [3.8, 4) is 44.5 Å². The lowest BCUT2D eigenvalue weighted by atomic mass is 9.83. The van der Waals surface area contributed by atoms with Crippen LogP contribution in [0.25, 0.3) is 88.0 Å². The van der Waals surface area contributed by atoms with E-state index in [1.54, 1.807) is 48.5 Å². The summed E-state index contributed by atoms with van der Waals surface area (Å²) in [5.41, 5.74) is -2.61. The Hall–Kier alpha value is -5.92. The van der Waals surface area contributed by atoms with Gasteiger partial charge in [0.2, 0.25) is 0 Å². The lowest BCUT2D eigenvalue weighted by molar-refractivity contribution is 0.670. The molecule has 0 spiro atoms. The van der Waals surface area contributed by atoms with Gasteiger partial charge in [-0.1, -0.05) is 157 Å². The minimum absolute atomic E-state index is 0.121. The molecule has 0 radical (unpaired) electrons. The van der Waals surface area contributed by atoms with Crippen molar-refractivity contribution in [3.63, 3.8) is 0 Å². The highest BCUT2D eigenvalue weighted by atomic mass is 16.3. The van der Waals surface area contributed by atoms with Gasteiger partial charge in [-0.3, -0.25) is 0 Å². The van der Waals surface area contributed by atoms with Crippen molar-refractivity contribution in [3.05, 3.63) is 169 Å². The molecule has 9 aromatic rings. The van der Waals surface area contributed by atoms with Gasteiger partial charge in [-0.15, -0.1) is 0 Å². The SMILES string of the molecule is [2H]c1c([2H])c([2H])c(-c2c([2H])c([2H])c([2H])c([2H])c2-c2c3ccccc3c(-c3c([2H])c([2H])c(-c4c([2H])c([2H])c([2H])c([2H])c4[2H])c4oc5c([2H])c([2H])c([2H])c([2H])c5c34)c3ccccc23)c([2H])c1[2H]. The molecule has 0 N–H and O–H groups in total. The second-order valence-electron chi connectivity index (χ2n) is 10.1. The van der Waals surface area contributed by atoms with Gasteiger partial charge < -0.3 is 4.42 Å². The van der Waals surface area contributed by atoms with Gasteiger partial charge in [0.15, 0.2) is 0 Å². The molecule has 0 aliphatic rings. The van der Waals surface area contributed by atoms with Gasteiger partial charge in [0.25, 0.3) is 0 Å². The molecule has 1 nitrogen and oxygen atoms in total. The summed E-state index contributed by atoms with van der Waals surface area (Å²) in [4.78, 5) is 0. The smallest absolute Gasteiger partial charge is 0.143 e. The van der Waals surface area contributed by atoms with E-state index >= 15 is 0 Å². The third-order valence-electron chi connectivity index (χ3n) is 7.74. The zero-order valence-corrected chi connectivity index (χ0v) is 23.0. The number of para-hydroxylation sites is 1. The molecule has 1 heteroatoms. The van der Waals surface area contributed by atoms with E-state index in [0.29, 0.717) is 0 Å². The maximum absolute atomic E-state index is 9.80. The Labute approximate surface area is 289 Å². The predicted octanol–water partition coefficient (Wildman–Crippen LogP) is 12.6. The van der Waals surface area contributed by atoms with Crippen LogP contribution >= 0.6 is 0 Å². The Kier molecular flexibility index (Phi) is 2.90. The first-order chi connectivity index (χ1) is 30.7. The number of rotatable bonds is 4. The van der Waals surface area contributed by atoms with Crippen LogP contribution in [-0.4, -0.2) is 0 Å². The fourth-order valence-electron chi connectivity index (χ4n) is 5.95. The Morgan fingerprint density at radius 1 is 0.378 bits per heavy atom. The monoisotopic (exact) mass is 592 g/mol. The quantitative estimate of drug-likeness (QED) is 0.185. The maximum atomic E-state index is 9.80. The zero-order valence-electron chi connectivity index (χ0n) is 43.0. The van der Waals surface area contributed by atoms with Crippen LogP contribution in [0, 0.1) is 0 Å². The summed E-state index contributed by atoms with van der Waals surface area (Å²) in [6, 6.07) is -0.927. The second kappa shape index (κ2) is 10.4. The highest BCUT2D eigenvalue weighted by Gasteiger charge is 2.22. The maximum Gasteiger partial charge on any atom is 0.143 e. The van der Waals surface area contributed by atoms with E-state index in [4.69, 9.17) is 27.7 Å². The molecule has 9 rings (SSSR count). The van der Waals surface area contributed by atoms with E-state index in [-0.39, 0.29) is 65.7 Å². The minimum atomic E-state index is -0.751. The lowest BCUT2D eigenvalue weighted by Gasteiger charge is -2.20. The van der Waals surface area contributed by atoms with Crippen molar-refractivity contribution in [2.75, 3.05) is 0 Å². The molecule has 8 aromatic carbocycles. The number of benzene rings is 8. The molecular formula is C44H28O. The fourth-order valence-corrected chi connectivity index (χ4v) is 5.95. The van der Waals surface area contributed by atoms with Crippen LogP contribution in [0.3, 0.4) is 0 Å². The van der Waals surface area contributed by atoms with Crippen LogP contribution in [-0.2, 0) is 0 Å². The fraction of sp³-hybridized carbons (Fsp3) is 0. The molecule has 210 valence electrons. The van der Waals surface area contributed by atoms with Crippen molar-refractivity contribution in [1.29, 1.82) is 0 Å². The molecule has 0 aliphatic carbocycles. The summed E-state index contributed by atoms with van der Waals surface area (Å²) < 4.78 is 182.